The fraction of sp³-hybridized carbons (Fsp3) is 0. The van der Waals surface area contributed by atoms with Crippen LogP contribution in [0.3, 0.4) is 0 Å². The van der Waals surface area contributed by atoms with Crippen molar-refractivity contribution in [2.75, 3.05) is 4.90 Å². The molecule has 0 radical (unpaired) electrons. The van der Waals surface area contributed by atoms with E-state index in [4.69, 9.17) is 4.42 Å². The minimum absolute atomic E-state index is 0.864. The maximum absolute atomic E-state index is 6.49. The van der Waals surface area contributed by atoms with Crippen LogP contribution in [0.25, 0.3) is 86.3 Å². The van der Waals surface area contributed by atoms with Gasteiger partial charge in [-0.15, -0.1) is 11.3 Å². The molecule has 2 nitrogen and oxygen atoms in total. The molecule has 3 heteroatoms. The molecule has 0 atom stereocenters. The van der Waals surface area contributed by atoms with Gasteiger partial charge in [0.05, 0.1) is 5.69 Å². The number of thiophene rings is 1. The zero-order chi connectivity index (χ0) is 36.3. The normalized spacial score (nSPS) is 11.6. The Labute approximate surface area is 322 Å². The van der Waals surface area contributed by atoms with Gasteiger partial charge in [0, 0.05) is 53.9 Å². The van der Waals surface area contributed by atoms with Crippen LogP contribution in [0, 0.1) is 0 Å². The lowest BCUT2D eigenvalue weighted by atomic mass is 9.94. The van der Waals surface area contributed by atoms with E-state index >= 15 is 0 Å². The minimum atomic E-state index is 0.864. The van der Waals surface area contributed by atoms with Gasteiger partial charge in [0.2, 0.25) is 0 Å². The minimum Gasteiger partial charge on any atom is -0.456 e. The summed E-state index contributed by atoms with van der Waals surface area (Å²) in [5, 5.41) is 7.31. The topological polar surface area (TPSA) is 16.4 Å². The summed E-state index contributed by atoms with van der Waals surface area (Å²) in [6.45, 7) is 0. The highest BCUT2D eigenvalue weighted by Crippen LogP contribution is 2.46. The van der Waals surface area contributed by atoms with Crippen LogP contribution in [0.5, 0.6) is 0 Å². The van der Waals surface area contributed by atoms with E-state index < -0.39 is 0 Å². The number of nitrogens with zero attached hydrogens (tertiary/aromatic N) is 1. The molecule has 55 heavy (non-hydrogen) atoms. The van der Waals surface area contributed by atoms with Crippen molar-refractivity contribution >= 4 is 81.3 Å². The van der Waals surface area contributed by atoms with Crippen LogP contribution in [-0.4, -0.2) is 0 Å². The molecule has 0 saturated heterocycles. The monoisotopic (exact) mass is 719 g/mol. The summed E-state index contributed by atoms with van der Waals surface area (Å²) in [4.78, 5) is 2.40. The standard InChI is InChI=1S/C52H33NOS/c1-2-12-35(13-3-1)42-30-26-37(41-19-10-15-34-14-4-5-16-40(34)41)32-48(42)53(39-29-31-45-44-17-6-8-22-49(44)54-50(45)33-39)38-27-24-36(25-28-38)43-20-11-21-47-46-18-7-9-23-51(46)55-52(43)47/h1-33H. The number of anilines is 3. The predicted molar refractivity (Wildman–Crippen MR) is 235 cm³/mol. The molecule has 11 rings (SSSR count). The Morgan fingerprint density at radius 3 is 1.89 bits per heavy atom. The number of rotatable bonds is 6. The second-order valence-corrected chi connectivity index (χ2v) is 15.1. The fourth-order valence-electron chi connectivity index (χ4n) is 8.27. The van der Waals surface area contributed by atoms with Crippen LogP contribution in [0.1, 0.15) is 0 Å². The van der Waals surface area contributed by atoms with Crippen LogP contribution < -0.4 is 4.90 Å². The summed E-state index contributed by atoms with van der Waals surface area (Å²) in [5.41, 5.74) is 12.1. The third-order valence-electron chi connectivity index (χ3n) is 10.9. The van der Waals surface area contributed by atoms with Crippen molar-refractivity contribution in [2.45, 2.75) is 0 Å². The molecule has 258 valence electrons. The molecule has 0 aliphatic carbocycles. The Hall–Kier alpha value is -6.94. The molecule has 0 saturated carbocycles. The van der Waals surface area contributed by atoms with Crippen LogP contribution >= 0.6 is 11.3 Å². The zero-order valence-corrected chi connectivity index (χ0v) is 30.6. The summed E-state index contributed by atoms with van der Waals surface area (Å²) >= 11 is 1.87. The summed E-state index contributed by atoms with van der Waals surface area (Å²) in [6, 6.07) is 72.2. The summed E-state index contributed by atoms with van der Waals surface area (Å²) < 4.78 is 9.12. The molecule has 0 fully saturated rings. The average molecular weight is 720 g/mol. The van der Waals surface area contributed by atoms with Gasteiger partial charge in [-0.25, -0.2) is 0 Å². The van der Waals surface area contributed by atoms with E-state index in [2.05, 4.69) is 193 Å². The molecule has 0 aliphatic rings. The van der Waals surface area contributed by atoms with Gasteiger partial charge in [-0.05, 0) is 81.1 Å². The van der Waals surface area contributed by atoms with E-state index in [1.807, 2.05) is 23.5 Å². The maximum atomic E-state index is 6.49. The van der Waals surface area contributed by atoms with Crippen molar-refractivity contribution in [2.24, 2.45) is 0 Å². The zero-order valence-electron chi connectivity index (χ0n) is 29.8. The van der Waals surface area contributed by atoms with Gasteiger partial charge < -0.3 is 9.32 Å². The lowest BCUT2D eigenvalue weighted by Crippen LogP contribution is -2.11. The Kier molecular flexibility index (Phi) is 7.39. The molecule has 0 unspecified atom stereocenters. The lowest BCUT2D eigenvalue weighted by Gasteiger charge is -2.29. The number of furan rings is 1. The first-order chi connectivity index (χ1) is 27.3. The third-order valence-corrected chi connectivity index (χ3v) is 12.1. The number of benzene rings is 9. The van der Waals surface area contributed by atoms with E-state index in [1.54, 1.807) is 0 Å². The molecule has 2 heterocycles. The third kappa shape index (κ3) is 5.32. The predicted octanol–water partition coefficient (Wildman–Crippen LogP) is 15.6. The smallest absolute Gasteiger partial charge is 0.137 e. The SMILES string of the molecule is c1ccc(-c2ccc(-c3cccc4ccccc34)cc2N(c2ccc(-c3cccc4c3sc3ccccc34)cc2)c2ccc3c(c2)oc2ccccc23)cc1. The first-order valence-corrected chi connectivity index (χ1v) is 19.5. The van der Waals surface area contributed by atoms with Crippen molar-refractivity contribution < 1.29 is 4.42 Å². The fourth-order valence-corrected chi connectivity index (χ4v) is 9.51. The lowest BCUT2D eigenvalue weighted by molar-refractivity contribution is 0.669. The summed E-state index contributed by atoms with van der Waals surface area (Å²) in [5.74, 6) is 0. The van der Waals surface area contributed by atoms with Crippen molar-refractivity contribution in [3.05, 3.63) is 200 Å². The number of fused-ring (bicyclic) bond motifs is 7. The Morgan fingerprint density at radius 1 is 0.364 bits per heavy atom. The summed E-state index contributed by atoms with van der Waals surface area (Å²) in [7, 11) is 0. The highest BCUT2D eigenvalue weighted by molar-refractivity contribution is 7.26. The van der Waals surface area contributed by atoms with Gasteiger partial charge in [0.25, 0.3) is 0 Å². The van der Waals surface area contributed by atoms with Crippen molar-refractivity contribution in [3.63, 3.8) is 0 Å². The molecule has 0 N–H and O–H groups in total. The number of hydrogen-bond acceptors (Lipinski definition) is 3. The largest absolute Gasteiger partial charge is 0.456 e. The highest BCUT2D eigenvalue weighted by Gasteiger charge is 2.21. The molecular formula is C52H33NOS. The van der Waals surface area contributed by atoms with Gasteiger partial charge in [-0.1, -0.05) is 152 Å². The van der Waals surface area contributed by atoms with Crippen LogP contribution in [-0.2, 0) is 0 Å². The van der Waals surface area contributed by atoms with Gasteiger partial charge in [-0.3, -0.25) is 0 Å². The van der Waals surface area contributed by atoms with Gasteiger partial charge in [0.15, 0.2) is 0 Å². The highest BCUT2D eigenvalue weighted by atomic mass is 32.1. The van der Waals surface area contributed by atoms with Crippen molar-refractivity contribution in [1.29, 1.82) is 0 Å². The van der Waals surface area contributed by atoms with E-state index in [-0.39, 0.29) is 0 Å². The average Bonchev–Trinajstić information content (AvgIpc) is 3.82. The van der Waals surface area contributed by atoms with Crippen molar-refractivity contribution in [1.82, 2.24) is 0 Å². The van der Waals surface area contributed by atoms with E-state index in [9.17, 15) is 0 Å². The number of hydrogen-bond donors (Lipinski definition) is 0. The first-order valence-electron chi connectivity index (χ1n) is 18.7. The van der Waals surface area contributed by atoms with Crippen LogP contribution in [0.15, 0.2) is 205 Å². The van der Waals surface area contributed by atoms with Gasteiger partial charge in [0.1, 0.15) is 11.2 Å². The van der Waals surface area contributed by atoms with Gasteiger partial charge >= 0.3 is 0 Å². The number of para-hydroxylation sites is 1. The molecular weight excluding hydrogens is 687 g/mol. The maximum Gasteiger partial charge on any atom is 0.137 e. The molecule has 9 aromatic carbocycles. The van der Waals surface area contributed by atoms with Crippen LogP contribution in [0.2, 0.25) is 0 Å². The molecule has 0 bridgehead atoms. The van der Waals surface area contributed by atoms with Crippen LogP contribution in [0.4, 0.5) is 17.1 Å². The molecule has 11 aromatic rings. The summed E-state index contributed by atoms with van der Waals surface area (Å²) in [6.07, 6.45) is 0. The first kappa shape index (κ1) is 31.6. The Bertz CT molecular complexity index is 3200. The molecule has 0 amide bonds. The van der Waals surface area contributed by atoms with E-state index in [1.165, 1.54) is 47.6 Å². The quantitative estimate of drug-likeness (QED) is 0.170. The van der Waals surface area contributed by atoms with E-state index in [0.717, 1.165) is 55.7 Å². The van der Waals surface area contributed by atoms with Gasteiger partial charge in [-0.2, -0.15) is 0 Å². The Morgan fingerprint density at radius 2 is 1.00 bits per heavy atom. The molecule has 0 spiro atoms. The second kappa shape index (κ2) is 12.9. The Balaban J connectivity index is 1.14. The molecule has 0 aliphatic heterocycles. The van der Waals surface area contributed by atoms with E-state index in [0.29, 0.717) is 0 Å². The molecule has 2 aromatic heterocycles. The van der Waals surface area contributed by atoms with Crippen molar-refractivity contribution in [3.8, 4) is 33.4 Å². The second-order valence-electron chi connectivity index (χ2n) is 14.1.